The number of nitrogens with one attached hydrogen (secondary N) is 1. The number of nitrogens with zero attached hydrogens (tertiary/aromatic N) is 1. The molecule has 1 atom stereocenters. The second-order valence-electron chi connectivity index (χ2n) is 6.20. The highest BCUT2D eigenvalue weighted by Crippen LogP contribution is 2.31. The minimum absolute atomic E-state index is 0.00933. The van der Waals surface area contributed by atoms with Crippen molar-refractivity contribution >= 4 is 40.2 Å². The number of ether oxygens (including phenoxy) is 1. The minimum atomic E-state index is -0.193. The molecule has 0 fully saturated rings. The molecule has 0 radical (unpaired) electrons. The number of hydrogen-bond acceptors (Lipinski definition) is 5. The monoisotopic (exact) mass is 404 g/mol. The van der Waals surface area contributed by atoms with Gasteiger partial charge in [0.1, 0.15) is 12.4 Å². The predicted molar refractivity (Wildman–Crippen MR) is 106 cm³/mol. The van der Waals surface area contributed by atoms with E-state index in [-0.39, 0.29) is 11.8 Å². The Morgan fingerprint density at radius 1 is 1.38 bits per heavy atom. The van der Waals surface area contributed by atoms with Crippen molar-refractivity contribution in [1.29, 1.82) is 0 Å². The number of fused-ring (bicyclic) bond motifs is 1. The lowest BCUT2D eigenvalue weighted by atomic mass is 9.96. The molecule has 134 valence electrons. The Morgan fingerprint density at radius 2 is 2.27 bits per heavy atom. The first-order valence-electron chi connectivity index (χ1n) is 8.28. The molecule has 1 aliphatic rings. The van der Waals surface area contributed by atoms with Gasteiger partial charge in [-0.2, -0.15) is 0 Å². The van der Waals surface area contributed by atoms with E-state index in [0.29, 0.717) is 24.6 Å². The lowest BCUT2D eigenvalue weighted by Crippen LogP contribution is -2.36. The second-order valence-corrected chi connectivity index (χ2v) is 8.87. The third-order valence-electron chi connectivity index (χ3n) is 4.27. The van der Waals surface area contributed by atoms with E-state index in [2.05, 4.69) is 21.7 Å². The van der Waals surface area contributed by atoms with Crippen LogP contribution in [-0.4, -0.2) is 17.5 Å². The molecular weight excluding hydrogens is 388 g/mol. The van der Waals surface area contributed by atoms with Crippen LogP contribution in [0, 0.1) is 12.8 Å². The van der Waals surface area contributed by atoms with Crippen LogP contribution in [0.15, 0.2) is 35.7 Å². The van der Waals surface area contributed by atoms with Crippen LogP contribution < -0.4 is 10.1 Å². The Balaban J connectivity index is 1.36. The highest BCUT2D eigenvalue weighted by molar-refractivity contribution is 7.16. The molecule has 2 aromatic heterocycles. The van der Waals surface area contributed by atoms with E-state index < -0.39 is 0 Å². The van der Waals surface area contributed by atoms with Gasteiger partial charge in [-0.15, -0.1) is 22.7 Å². The Hall–Kier alpha value is -1.89. The summed E-state index contributed by atoms with van der Waals surface area (Å²) in [5.41, 5.74) is 1.99. The largest absolute Gasteiger partial charge is 0.492 e. The number of benzene rings is 1. The summed E-state index contributed by atoms with van der Waals surface area (Å²) in [5.74, 6) is 0.636. The predicted octanol–water partition coefficient (Wildman–Crippen LogP) is 4.70. The highest BCUT2D eigenvalue weighted by atomic mass is 35.5. The molecule has 7 heteroatoms. The summed E-state index contributed by atoms with van der Waals surface area (Å²) < 4.78 is 5.70. The number of amides is 1. The van der Waals surface area contributed by atoms with E-state index in [1.807, 2.05) is 25.1 Å². The van der Waals surface area contributed by atoms with Gasteiger partial charge in [-0.3, -0.25) is 4.79 Å². The van der Waals surface area contributed by atoms with Crippen LogP contribution in [0.25, 0.3) is 10.6 Å². The smallest absolute Gasteiger partial charge is 0.227 e. The first-order chi connectivity index (χ1) is 12.6. The van der Waals surface area contributed by atoms with Crippen molar-refractivity contribution in [3.8, 4) is 16.3 Å². The van der Waals surface area contributed by atoms with Crippen LogP contribution in [0.4, 0.5) is 0 Å². The second kappa shape index (κ2) is 7.39. The van der Waals surface area contributed by atoms with Crippen LogP contribution in [-0.2, 0) is 17.8 Å². The van der Waals surface area contributed by atoms with Crippen molar-refractivity contribution in [3.63, 3.8) is 0 Å². The van der Waals surface area contributed by atoms with E-state index in [1.54, 1.807) is 28.7 Å². The first kappa shape index (κ1) is 17.5. The molecule has 1 N–H and O–H groups in total. The maximum Gasteiger partial charge on any atom is 0.227 e. The van der Waals surface area contributed by atoms with Gasteiger partial charge in [0.25, 0.3) is 0 Å². The summed E-state index contributed by atoms with van der Waals surface area (Å²) in [6.45, 7) is 2.92. The minimum Gasteiger partial charge on any atom is -0.492 e. The molecule has 0 bridgehead atoms. The fourth-order valence-corrected chi connectivity index (χ4v) is 4.73. The summed E-state index contributed by atoms with van der Waals surface area (Å²) in [7, 11) is 0. The fourth-order valence-electron chi connectivity index (χ4n) is 2.94. The lowest BCUT2D eigenvalue weighted by molar-refractivity contribution is -0.126. The van der Waals surface area contributed by atoms with Crippen molar-refractivity contribution in [2.75, 3.05) is 6.61 Å². The first-order valence-corrected chi connectivity index (χ1v) is 10.4. The van der Waals surface area contributed by atoms with Gasteiger partial charge in [0.2, 0.25) is 5.91 Å². The maximum atomic E-state index is 12.5. The van der Waals surface area contributed by atoms with Crippen LogP contribution in [0.1, 0.15) is 15.4 Å². The molecule has 1 amide bonds. The zero-order chi connectivity index (χ0) is 18.1. The number of thiazole rings is 1. The molecule has 3 heterocycles. The molecule has 4 nitrogen and oxygen atoms in total. The molecule has 1 aromatic carbocycles. The molecule has 26 heavy (non-hydrogen) atoms. The summed E-state index contributed by atoms with van der Waals surface area (Å²) in [4.78, 5) is 19.3. The number of thiophene rings is 1. The zero-order valence-corrected chi connectivity index (χ0v) is 16.5. The van der Waals surface area contributed by atoms with Crippen LogP contribution in [0.2, 0.25) is 5.02 Å². The number of carbonyl (C=O) groups excluding carboxylic acids is 1. The lowest BCUT2D eigenvalue weighted by Gasteiger charge is -2.24. The maximum absolute atomic E-state index is 12.5. The Labute approximate surface area is 164 Å². The Bertz CT molecular complexity index is 951. The number of halogens is 1. The van der Waals surface area contributed by atoms with Crippen molar-refractivity contribution in [2.45, 2.75) is 19.9 Å². The van der Waals surface area contributed by atoms with Crippen molar-refractivity contribution in [3.05, 3.63) is 56.2 Å². The van der Waals surface area contributed by atoms with E-state index in [0.717, 1.165) is 31.8 Å². The number of aryl methyl sites for hydroxylation is 1. The van der Waals surface area contributed by atoms with Crippen molar-refractivity contribution < 1.29 is 9.53 Å². The van der Waals surface area contributed by atoms with Gasteiger partial charge < -0.3 is 10.1 Å². The summed E-state index contributed by atoms with van der Waals surface area (Å²) in [6.07, 6.45) is 0.648. The van der Waals surface area contributed by atoms with Gasteiger partial charge in [0.05, 0.1) is 28.0 Å². The third kappa shape index (κ3) is 3.77. The van der Waals surface area contributed by atoms with E-state index in [9.17, 15) is 4.79 Å². The average molecular weight is 405 g/mol. The van der Waals surface area contributed by atoms with Gasteiger partial charge >= 0.3 is 0 Å². The number of carbonyl (C=O) groups is 1. The molecule has 0 saturated heterocycles. The van der Waals surface area contributed by atoms with Crippen LogP contribution >= 0.6 is 34.3 Å². The van der Waals surface area contributed by atoms with Gasteiger partial charge in [0, 0.05) is 15.3 Å². The molecule has 0 spiro atoms. The summed E-state index contributed by atoms with van der Waals surface area (Å²) in [5, 5.41) is 6.81. The molecule has 3 aromatic rings. The number of hydrogen-bond donors (Lipinski definition) is 1. The van der Waals surface area contributed by atoms with Crippen molar-refractivity contribution in [1.82, 2.24) is 10.3 Å². The third-order valence-corrected chi connectivity index (χ3v) is 6.39. The average Bonchev–Trinajstić information content (AvgIpc) is 3.27. The quantitative estimate of drug-likeness (QED) is 0.685. The molecule has 1 aliphatic heterocycles. The normalized spacial score (nSPS) is 16.0. The van der Waals surface area contributed by atoms with E-state index in [1.165, 1.54) is 0 Å². The fraction of sp³-hybridized carbons (Fsp3) is 0.263. The molecule has 0 unspecified atom stereocenters. The van der Waals surface area contributed by atoms with Crippen molar-refractivity contribution in [2.24, 2.45) is 5.92 Å². The number of rotatable bonds is 4. The van der Waals surface area contributed by atoms with Gasteiger partial charge in [-0.05, 0) is 49.2 Å². The SMILES string of the molecule is Cc1nc(-c2ccc(CNC(=O)[C@@H]3COc4ccc(Cl)cc4C3)s2)cs1. The summed E-state index contributed by atoms with van der Waals surface area (Å²) in [6, 6.07) is 9.64. The Morgan fingerprint density at radius 3 is 3.08 bits per heavy atom. The van der Waals surface area contributed by atoms with Gasteiger partial charge in [0.15, 0.2) is 0 Å². The van der Waals surface area contributed by atoms with Crippen LogP contribution in [0.5, 0.6) is 5.75 Å². The zero-order valence-electron chi connectivity index (χ0n) is 14.1. The standard InChI is InChI=1S/C19H17ClN2O2S2/c1-11-22-16(10-25-11)18-5-3-15(26-18)8-21-19(23)13-6-12-7-14(20)2-4-17(12)24-9-13/h2-5,7,10,13H,6,8-9H2,1H3,(H,21,23)/t13-/m0/s1. The molecular formula is C19H17ClN2O2S2. The van der Waals surface area contributed by atoms with E-state index in [4.69, 9.17) is 16.3 Å². The van der Waals surface area contributed by atoms with Gasteiger partial charge in [-0.1, -0.05) is 11.6 Å². The van der Waals surface area contributed by atoms with E-state index >= 15 is 0 Å². The van der Waals surface area contributed by atoms with Crippen LogP contribution in [0.3, 0.4) is 0 Å². The molecule has 4 rings (SSSR count). The summed E-state index contributed by atoms with van der Waals surface area (Å²) >= 11 is 9.34. The molecule has 0 saturated carbocycles. The van der Waals surface area contributed by atoms with Gasteiger partial charge in [-0.25, -0.2) is 4.98 Å². The topological polar surface area (TPSA) is 51.2 Å². The Kier molecular flexibility index (Phi) is 4.98. The molecule has 0 aliphatic carbocycles. The highest BCUT2D eigenvalue weighted by Gasteiger charge is 2.26. The number of aromatic nitrogens is 1.